The molecule has 0 saturated carbocycles. The number of anilines is 4. The summed E-state index contributed by atoms with van der Waals surface area (Å²) in [5.41, 5.74) is 8.63. The highest BCUT2D eigenvalue weighted by Gasteiger charge is 2.14. The van der Waals surface area contributed by atoms with Crippen molar-refractivity contribution in [2.45, 2.75) is 13.8 Å². The lowest BCUT2D eigenvalue weighted by atomic mass is 10.3. The van der Waals surface area contributed by atoms with Gasteiger partial charge in [-0.2, -0.15) is 0 Å². The Labute approximate surface area is 198 Å². The van der Waals surface area contributed by atoms with Gasteiger partial charge in [0.1, 0.15) is 0 Å². The van der Waals surface area contributed by atoms with Gasteiger partial charge in [-0.3, -0.25) is 14.8 Å². The Morgan fingerprint density at radius 1 is 1.03 bits per heavy atom. The van der Waals surface area contributed by atoms with Crippen LogP contribution in [0.5, 0.6) is 0 Å². The first kappa shape index (κ1) is 23.2. The van der Waals surface area contributed by atoms with Crippen molar-refractivity contribution in [1.82, 2.24) is 19.9 Å². The van der Waals surface area contributed by atoms with E-state index in [-0.39, 0.29) is 11.0 Å². The Morgan fingerprint density at radius 2 is 1.72 bits per heavy atom. The second-order valence-corrected chi connectivity index (χ2v) is 8.55. The van der Waals surface area contributed by atoms with Crippen LogP contribution in [0.15, 0.2) is 54.4 Å². The monoisotopic (exact) mass is 484 g/mol. The summed E-state index contributed by atoms with van der Waals surface area (Å²) < 4.78 is 0. The summed E-state index contributed by atoms with van der Waals surface area (Å²) in [6, 6.07) is 7.44. The molecule has 9 nitrogen and oxygen atoms in total. The maximum Gasteiger partial charge on any atom is 0.223 e. The van der Waals surface area contributed by atoms with Crippen molar-refractivity contribution >= 4 is 67.5 Å². The molecule has 0 spiro atoms. The number of thiocarbonyl (C=S) groups is 1. The summed E-state index contributed by atoms with van der Waals surface area (Å²) in [5, 5.41) is 12.3. The molecule has 164 valence electrons. The zero-order chi connectivity index (χ0) is 22.9. The second-order valence-electron chi connectivity index (χ2n) is 6.25. The lowest BCUT2D eigenvalue weighted by Gasteiger charge is -1.99. The van der Waals surface area contributed by atoms with Crippen LogP contribution in [-0.4, -0.2) is 31.0 Å². The number of hydrogen-bond donors (Lipinski definition) is 4. The third-order valence-corrected chi connectivity index (χ3v) is 5.61. The largest absolute Gasteiger partial charge is 0.376 e. The highest BCUT2D eigenvalue weighted by molar-refractivity contribution is 7.80. The van der Waals surface area contributed by atoms with Gasteiger partial charge in [-0.1, -0.05) is 11.3 Å². The summed E-state index contributed by atoms with van der Waals surface area (Å²) in [7, 11) is 0. The van der Waals surface area contributed by atoms with Gasteiger partial charge in [-0.05, 0) is 43.4 Å². The third-order valence-electron chi connectivity index (χ3n) is 3.66. The van der Waals surface area contributed by atoms with Crippen LogP contribution in [0, 0.1) is 6.92 Å². The molecule has 0 bridgehead atoms. The summed E-state index contributed by atoms with van der Waals surface area (Å²) in [5.74, 6) is -0.127. The van der Waals surface area contributed by atoms with E-state index < -0.39 is 0 Å². The van der Waals surface area contributed by atoms with E-state index in [0.29, 0.717) is 5.13 Å². The van der Waals surface area contributed by atoms with E-state index in [2.05, 4.69) is 48.1 Å². The van der Waals surface area contributed by atoms with Crippen molar-refractivity contribution in [2.24, 2.45) is 5.73 Å². The first-order chi connectivity index (χ1) is 15.4. The molecule has 0 aromatic carbocycles. The van der Waals surface area contributed by atoms with E-state index in [0.717, 1.165) is 32.8 Å². The second kappa shape index (κ2) is 11.2. The quantitative estimate of drug-likeness (QED) is 0.304. The van der Waals surface area contributed by atoms with Crippen LogP contribution in [0.3, 0.4) is 0 Å². The summed E-state index contributed by atoms with van der Waals surface area (Å²) in [6.45, 7) is 3.37. The number of nitrogens with two attached hydrogens (primary N) is 1. The minimum absolute atomic E-state index is 0.127. The van der Waals surface area contributed by atoms with Crippen molar-refractivity contribution in [3.8, 4) is 10.6 Å². The fraction of sp³-hybridized carbons (Fsp3) is 0.100. The lowest BCUT2D eigenvalue weighted by Crippen LogP contribution is -2.18. The smallest absolute Gasteiger partial charge is 0.223 e. The van der Waals surface area contributed by atoms with Gasteiger partial charge in [0, 0.05) is 24.7 Å². The van der Waals surface area contributed by atoms with Crippen LogP contribution < -0.4 is 21.7 Å². The molecule has 4 aromatic rings. The molecule has 5 N–H and O–H groups in total. The number of hydrogen-bond acceptors (Lipinski definition) is 9. The Balaban J connectivity index is 0.000000243. The van der Waals surface area contributed by atoms with E-state index in [4.69, 9.17) is 5.73 Å². The normalized spacial score (nSPS) is 9.94. The van der Waals surface area contributed by atoms with Crippen LogP contribution in [-0.2, 0) is 4.79 Å². The summed E-state index contributed by atoms with van der Waals surface area (Å²) in [6.07, 6.45) is 6.81. The fourth-order valence-electron chi connectivity index (χ4n) is 2.41. The molecule has 0 unspecified atom stereocenters. The molecule has 0 radical (unpaired) electrons. The number of rotatable bonds is 5. The average Bonchev–Trinajstić information content (AvgIpc) is 3.35. The van der Waals surface area contributed by atoms with E-state index in [1.54, 1.807) is 30.9 Å². The molecule has 32 heavy (non-hydrogen) atoms. The Hall–Kier alpha value is -3.48. The van der Waals surface area contributed by atoms with Crippen molar-refractivity contribution in [2.75, 3.05) is 16.0 Å². The van der Waals surface area contributed by atoms with Crippen LogP contribution in [0.4, 0.5) is 21.6 Å². The Kier molecular flexibility index (Phi) is 8.14. The van der Waals surface area contributed by atoms with Gasteiger partial charge >= 0.3 is 0 Å². The topological polar surface area (TPSA) is 131 Å². The van der Waals surface area contributed by atoms with Gasteiger partial charge in [0.25, 0.3) is 0 Å². The molecular weight excluding hydrogens is 464 g/mol. The number of nitrogens with one attached hydrogen (secondary N) is 3. The average molecular weight is 485 g/mol. The first-order valence-corrected chi connectivity index (χ1v) is 11.4. The maximum atomic E-state index is 11.1. The molecule has 4 aromatic heterocycles. The minimum Gasteiger partial charge on any atom is -0.376 e. The van der Waals surface area contributed by atoms with Gasteiger partial charge in [-0.25, -0.2) is 9.97 Å². The van der Waals surface area contributed by atoms with Gasteiger partial charge < -0.3 is 21.7 Å². The molecule has 0 saturated heterocycles. The zero-order valence-electron chi connectivity index (χ0n) is 17.2. The molecule has 1 amide bonds. The fourth-order valence-corrected chi connectivity index (χ4v) is 4.30. The van der Waals surface area contributed by atoms with Crippen molar-refractivity contribution in [1.29, 1.82) is 0 Å². The van der Waals surface area contributed by atoms with Crippen LogP contribution in [0.1, 0.15) is 12.6 Å². The number of aromatic nitrogens is 4. The summed E-state index contributed by atoms with van der Waals surface area (Å²) in [4.78, 5) is 28.9. The van der Waals surface area contributed by atoms with Gasteiger partial charge in [0.2, 0.25) is 5.91 Å². The minimum atomic E-state index is -0.127. The van der Waals surface area contributed by atoms with E-state index in [9.17, 15) is 4.79 Å². The molecule has 0 aliphatic carbocycles. The van der Waals surface area contributed by atoms with Crippen molar-refractivity contribution in [3.05, 3.63) is 60.1 Å². The van der Waals surface area contributed by atoms with Crippen LogP contribution in [0.2, 0.25) is 0 Å². The number of nitrogens with zero attached hydrogens (tertiary/aromatic N) is 4. The van der Waals surface area contributed by atoms with Crippen LogP contribution >= 0.6 is 34.9 Å². The SMILES string of the molecule is CC(=O)Nc1nc(C)c(-c2csc(Nc3cccnc3)n2)s1.NC(=S)Nc1cccnc1. The van der Waals surface area contributed by atoms with Gasteiger partial charge in [-0.15, -0.1) is 11.3 Å². The Morgan fingerprint density at radius 3 is 2.31 bits per heavy atom. The molecule has 4 rings (SSSR count). The number of carbonyl (C=O) groups is 1. The molecule has 0 aliphatic rings. The number of pyridine rings is 2. The molecule has 0 fully saturated rings. The first-order valence-electron chi connectivity index (χ1n) is 9.25. The van der Waals surface area contributed by atoms with E-state index in [1.165, 1.54) is 29.6 Å². The van der Waals surface area contributed by atoms with E-state index in [1.807, 2.05) is 30.5 Å². The van der Waals surface area contributed by atoms with Crippen LogP contribution in [0.25, 0.3) is 10.6 Å². The van der Waals surface area contributed by atoms with Crippen molar-refractivity contribution in [3.63, 3.8) is 0 Å². The Bertz CT molecular complexity index is 1180. The number of thiazole rings is 2. The number of amides is 1. The molecule has 0 aliphatic heterocycles. The van der Waals surface area contributed by atoms with E-state index >= 15 is 0 Å². The zero-order valence-corrected chi connectivity index (χ0v) is 19.6. The molecule has 4 heterocycles. The summed E-state index contributed by atoms with van der Waals surface area (Å²) >= 11 is 7.55. The number of carbonyl (C=O) groups excluding carboxylic acids is 1. The number of aryl methyl sites for hydroxylation is 1. The van der Waals surface area contributed by atoms with Crippen molar-refractivity contribution < 1.29 is 4.79 Å². The molecular formula is C20H20N8OS3. The third kappa shape index (κ3) is 7.04. The predicted molar refractivity (Wildman–Crippen MR) is 134 cm³/mol. The predicted octanol–water partition coefficient (Wildman–Crippen LogP) is 4.41. The highest BCUT2D eigenvalue weighted by atomic mass is 32.1. The highest BCUT2D eigenvalue weighted by Crippen LogP contribution is 2.35. The lowest BCUT2D eigenvalue weighted by molar-refractivity contribution is -0.114. The molecule has 12 heteroatoms. The van der Waals surface area contributed by atoms with Gasteiger partial charge in [0.15, 0.2) is 15.4 Å². The standard InChI is InChI=1S/C14H13N5OS2.C6H7N3S/c1-8-12(22-14(16-8)17-9(2)20)11-7-21-13(19-11)18-10-4-3-5-15-6-10;7-6(10)9-5-2-1-3-8-4-5/h3-7H,1-2H3,(H,18,19)(H,16,17,20);1-4H,(H3,7,9,10). The molecule has 0 atom stereocenters. The van der Waals surface area contributed by atoms with Gasteiger partial charge in [0.05, 0.1) is 40.0 Å². The maximum absolute atomic E-state index is 11.1.